The van der Waals surface area contributed by atoms with Crippen molar-refractivity contribution in [3.63, 3.8) is 0 Å². The van der Waals surface area contributed by atoms with E-state index in [1.807, 2.05) is 48.9 Å². The predicted octanol–water partition coefficient (Wildman–Crippen LogP) is 3.67. The highest BCUT2D eigenvalue weighted by atomic mass is 16.3. The number of para-hydroxylation sites is 1. The highest BCUT2D eigenvalue weighted by molar-refractivity contribution is 6.36. The van der Waals surface area contributed by atoms with Crippen LogP contribution in [0.1, 0.15) is 50.5 Å². The van der Waals surface area contributed by atoms with Crippen LogP contribution in [0, 0.1) is 0 Å². The molecule has 0 bridgehead atoms. The Labute approximate surface area is 224 Å². The zero-order chi connectivity index (χ0) is 26.1. The topological polar surface area (TPSA) is 82.8 Å². The first-order valence-corrected chi connectivity index (χ1v) is 13.8. The molecule has 1 aliphatic carbocycles. The first-order chi connectivity index (χ1) is 18.5. The molecular formula is C30H34BN5O2. The summed E-state index contributed by atoms with van der Waals surface area (Å²) in [5.41, 5.74) is 3.94. The Bertz CT molecular complexity index is 1440. The molecule has 0 spiro atoms. The molecule has 1 saturated heterocycles. The summed E-state index contributed by atoms with van der Waals surface area (Å²) in [6.07, 6.45) is 8.87. The Balaban J connectivity index is 1.21. The van der Waals surface area contributed by atoms with Crippen molar-refractivity contribution in [2.75, 3.05) is 18.4 Å². The van der Waals surface area contributed by atoms with Crippen LogP contribution in [0.25, 0.3) is 16.9 Å². The Kier molecular flexibility index (Phi) is 6.56. The molecule has 1 saturated carbocycles. The van der Waals surface area contributed by atoms with Crippen molar-refractivity contribution in [3.8, 4) is 17.0 Å². The van der Waals surface area contributed by atoms with Gasteiger partial charge in [0.05, 0.1) is 11.1 Å². The monoisotopic (exact) mass is 507 g/mol. The lowest BCUT2D eigenvalue weighted by Crippen LogP contribution is -2.51. The largest absolute Gasteiger partial charge is 0.507 e. The molecule has 38 heavy (non-hydrogen) atoms. The van der Waals surface area contributed by atoms with E-state index in [0.29, 0.717) is 17.2 Å². The normalized spacial score (nSPS) is 17.9. The number of hydrogen-bond acceptors (Lipinski definition) is 5. The van der Waals surface area contributed by atoms with Gasteiger partial charge in [0.1, 0.15) is 19.4 Å². The summed E-state index contributed by atoms with van der Waals surface area (Å²) in [5.74, 6) is 1.35. The fraction of sp³-hybridized carbons (Fsp3) is 0.367. The van der Waals surface area contributed by atoms with Crippen molar-refractivity contribution in [1.29, 1.82) is 0 Å². The van der Waals surface area contributed by atoms with E-state index in [4.69, 9.17) is 4.98 Å². The van der Waals surface area contributed by atoms with E-state index >= 15 is 0 Å². The molecule has 2 N–H and O–H groups in total. The number of fused-ring (bicyclic) bond motifs is 1. The zero-order valence-corrected chi connectivity index (χ0v) is 21.9. The van der Waals surface area contributed by atoms with Gasteiger partial charge in [-0.25, -0.2) is 4.98 Å². The van der Waals surface area contributed by atoms with Crippen molar-refractivity contribution < 1.29 is 9.90 Å². The van der Waals surface area contributed by atoms with Crippen LogP contribution in [-0.2, 0) is 10.2 Å². The number of anilines is 1. The lowest BCUT2D eigenvalue weighted by Gasteiger charge is -2.42. The molecule has 7 nitrogen and oxygen atoms in total. The molecule has 2 aliphatic rings. The number of hydrogen-bond donors (Lipinski definition) is 2. The third kappa shape index (κ3) is 4.42. The highest BCUT2D eigenvalue weighted by Gasteiger charge is 2.44. The lowest BCUT2D eigenvalue weighted by atomic mass is 9.68. The summed E-state index contributed by atoms with van der Waals surface area (Å²) in [6, 6.07) is 19.9. The van der Waals surface area contributed by atoms with Gasteiger partial charge in [-0.15, -0.1) is 0 Å². The van der Waals surface area contributed by atoms with Gasteiger partial charge in [0.2, 0.25) is 5.91 Å². The Morgan fingerprint density at radius 1 is 1.00 bits per heavy atom. The molecule has 2 aromatic carbocycles. The Hall–Kier alpha value is -3.81. The number of aromatic nitrogens is 3. The maximum Gasteiger partial charge on any atom is 0.233 e. The summed E-state index contributed by atoms with van der Waals surface area (Å²) in [4.78, 5) is 20.9. The van der Waals surface area contributed by atoms with Crippen LogP contribution in [0.5, 0.6) is 5.75 Å². The number of nitrogens with zero attached hydrogens (tertiary/aromatic N) is 4. The fourth-order valence-electron chi connectivity index (χ4n) is 6.28. The van der Waals surface area contributed by atoms with Gasteiger partial charge in [0.25, 0.3) is 0 Å². The van der Waals surface area contributed by atoms with Gasteiger partial charge in [0, 0.05) is 37.0 Å². The second-order valence-electron chi connectivity index (χ2n) is 10.8. The minimum Gasteiger partial charge on any atom is -0.507 e. The highest BCUT2D eigenvalue weighted by Crippen LogP contribution is 2.41. The number of piperidine rings is 1. The number of benzene rings is 2. The van der Waals surface area contributed by atoms with E-state index in [1.54, 1.807) is 6.07 Å². The minimum absolute atomic E-state index is 0.203. The number of likely N-dealkylation sites (tertiary alicyclic amines) is 1. The van der Waals surface area contributed by atoms with Crippen LogP contribution in [-0.4, -0.2) is 57.5 Å². The van der Waals surface area contributed by atoms with Gasteiger partial charge in [-0.05, 0) is 48.8 Å². The van der Waals surface area contributed by atoms with Gasteiger partial charge in [0.15, 0.2) is 5.65 Å². The van der Waals surface area contributed by atoms with E-state index in [2.05, 4.69) is 39.6 Å². The van der Waals surface area contributed by atoms with Crippen LogP contribution >= 0.6 is 0 Å². The van der Waals surface area contributed by atoms with Gasteiger partial charge in [-0.2, -0.15) is 9.61 Å². The standard InChI is InChI=1S/C30H34BN5O2/c31-24-20-32-36-27(19-25(34-28(24)36)23-11-5-6-12-26(23)37)33-22-13-17-35(18-14-22)29(38)30(15-7-2-8-16-30)21-9-3-1-4-10-21/h1,3-6,9-12,19-20,22,33,37H,2,7-8,13-18,31H2. The number of amides is 1. The number of phenolic OH excluding ortho intramolecular Hbond substituents is 1. The number of phenols is 1. The van der Waals surface area contributed by atoms with E-state index < -0.39 is 0 Å². The lowest BCUT2D eigenvalue weighted by molar-refractivity contribution is -0.139. The van der Waals surface area contributed by atoms with E-state index in [0.717, 1.165) is 68.5 Å². The Morgan fingerprint density at radius 3 is 2.45 bits per heavy atom. The summed E-state index contributed by atoms with van der Waals surface area (Å²) in [7, 11) is 1.99. The average molecular weight is 507 g/mol. The van der Waals surface area contributed by atoms with E-state index in [9.17, 15) is 9.90 Å². The van der Waals surface area contributed by atoms with Crippen LogP contribution in [0.3, 0.4) is 0 Å². The maximum atomic E-state index is 14.0. The third-order valence-corrected chi connectivity index (χ3v) is 8.41. The molecule has 2 aromatic heterocycles. The van der Waals surface area contributed by atoms with Crippen LogP contribution in [0.15, 0.2) is 66.9 Å². The summed E-state index contributed by atoms with van der Waals surface area (Å²) in [5, 5.41) is 18.7. The molecule has 4 aromatic rings. The van der Waals surface area contributed by atoms with Crippen molar-refractivity contribution in [1.82, 2.24) is 19.5 Å². The Morgan fingerprint density at radius 2 is 1.71 bits per heavy atom. The molecule has 8 heteroatoms. The van der Waals surface area contributed by atoms with E-state index in [-0.39, 0.29) is 17.2 Å². The molecule has 0 unspecified atom stereocenters. The first kappa shape index (κ1) is 24.5. The summed E-state index contributed by atoms with van der Waals surface area (Å²) >= 11 is 0. The van der Waals surface area contributed by atoms with Crippen LogP contribution < -0.4 is 10.8 Å². The molecule has 0 atom stereocenters. The van der Waals surface area contributed by atoms with Crippen molar-refractivity contribution >= 4 is 30.7 Å². The molecule has 1 aliphatic heterocycles. The zero-order valence-electron chi connectivity index (χ0n) is 21.9. The number of carbonyl (C=O) groups excluding carboxylic acids is 1. The summed E-state index contributed by atoms with van der Waals surface area (Å²) in [6.45, 7) is 1.48. The van der Waals surface area contributed by atoms with Crippen molar-refractivity contribution in [2.24, 2.45) is 0 Å². The smallest absolute Gasteiger partial charge is 0.233 e. The molecule has 6 rings (SSSR count). The van der Waals surface area contributed by atoms with Crippen molar-refractivity contribution in [2.45, 2.75) is 56.4 Å². The SMILES string of the molecule is Bc1cnn2c(NC3CCN(C(=O)C4(c5ccccc5)CCCCC4)CC3)cc(-c3ccccc3O)nc12. The van der Waals surface area contributed by atoms with Gasteiger partial charge in [-0.1, -0.05) is 61.7 Å². The molecule has 3 heterocycles. The third-order valence-electron chi connectivity index (χ3n) is 8.41. The number of rotatable bonds is 5. The molecule has 194 valence electrons. The summed E-state index contributed by atoms with van der Waals surface area (Å²) < 4.78 is 1.84. The van der Waals surface area contributed by atoms with Gasteiger partial charge in [-0.3, -0.25) is 4.79 Å². The predicted molar refractivity (Wildman–Crippen MR) is 153 cm³/mol. The minimum atomic E-state index is -0.379. The first-order valence-electron chi connectivity index (χ1n) is 13.8. The molecular weight excluding hydrogens is 473 g/mol. The number of nitrogens with one attached hydrogen (secondary N) is 1. The second kappa shape index (κ2) is 10.2. The van der Waals surface area contributed by atoms with Gasteiger partial charge < -0.3 is 15.3 Å². The second-order valence-corrected chi connectivity index (χ2v) is 10.8. The van der Waals surface area contributed by atoms with E-state index in [1.165, 1.54) is 12.0 Å². The quantitative estimate of drug-likeness (QED) is 0.403. The average Bonchev–Trinajstić information content (AvgIpc) is 3.35. The van der Waals surface area contributed by atoms with Crippen LogP contribution in [0.2, 0.25) is 0 Å². The van der Waals surface area contributed by atoms with Crippen molar-refractivity contribution in [3.05, 3.63) is 72.4 Å². The van der Waals surface area contributed by atoms with Crippen LogP contribution in [0.4, 0.5) is 5.82 Å². The fourth-order valence-corrected chi connectivity index (χ4v) is 6.28. The van der Waals surface area contributed by atoms with Gasteiger partial charge >= 0.3 is 0 Å². The molecule has 0 radical (unpaired) electrons. The number of aromatic hydroxyl groups is 1. The molecule has 1 amide bonds. The molecule has 2 fully saturated rings. The number of carbonyl (C=O) groups is 1. The maximum absolute atomic E-state index is 14.0.